The van der Waals surface area contributed by atoms with E-state index >= 15 is 0 Å². The molecule has 2 aromatic heterocycles. The lowest BCUT2D eigenvalue weighted by molar-refractivity contribution is 0.0518. The van der Waals surface area contributed by atoms with Crippen LogP contribution in [0.1, 0.15) is 27.9 Å². The van der Waals surface area contributed by atoms with Crippen LogP contribution in [-0.4, -0.2) is 28.2 Å². The molecule has 0 aromatic carbocycles. The summed E-state index contributed by atoms with van der Waals surface area (Å²) in [6.07, 6.45) is 2.26. The van der Waals surface area contributed by atoms with Gasteiger partial charge in [0.1, 0.15) is 11.3 Å². The topological polar surface area (TPSA) is 60.7 Å². The highest BCUT2D eigenvalue weighted by molar-refractivity contribution is 9.10. The van der Waals surface area contributed by atoms with Gasteiger partial charge in [-0.25, -0.2) is 9.78 Å². The zero-order chi connectivity index (χ0) is 12.4. The molecule has 17 heavy (non-hydrogen) atoms. The van der Waals surface area contributed by atoms with Gasteiger partial charge in [-0.05, 0) is 19.1 Å². The summed E-state index contributed by atoms with van der Waals surface area (Å²) in [6.45, 7) is 1.94. The number of fused-ring (bicyclic) bond motifs is 1. The summed E-state index contributed by atoms with van der Waals surface area (Å²) in [5.41, 5.74) is 0.760. The van der Waals surface area contributed by atoms with Crippen molar-refractivity contribution in [2.24, 2.45) is 0 Å². The highest BCUT2D eigenvalue weighted by Crippen LogP contribution is 2.17. The second-order valence-electron chi connectivity index (χ2n) is 3.26. The maximum atomic E-state index is 11.6. The lowest BCUT2D eigenvalue weighted by atomic mass is 10.3. The fourth-order valence-electron chi connectivity index (χ4n) is 1.50. The Balaban J connectivity index is 2.63. The molecule has 2 rings (SSSR count). The molecule has 0 aliphatic heterocycles. The van der Waals surface area contributed by atoms with Crippen molar-refractivity contribution < 1.29 is 14.3 Å². The Labute approximate surface area is 106 Å². The molecule has 6 heteroatoms. The van der Waals surface area contributed by atoms with Gasteiger partial charge in [-0.15, -0.1) is 0 Å². The van der Waals surface area contributed by atoms with Crippen molar-refractivity contribution in [3.63, 3.8) is 0 Å². The van der Waals surface area contributed by atoms with E-state index in [0.717, 1.165) is 4.47 Å². The first-order valence-corrected chi connectivity index (χ1v) is 5.76. The molecule has 0 amide bonds. The molecule has 0 bridgehead atoms. The number of halogens is 1. The van der Waals surface area contributed by atoms with Gasteiger partial charge in [0.05, 0.1) is 6.61 Å². The molecule has 5 nitrogen and oxygen atoms in total. The van der Waals surface area contributed by atoms with Crippen molar-refractivity contribution in [2.45, 2.75) is 6.92 Å². The Kier molecular flexibility index (Phi) is 3.23. The number of rotatable bonds is 3. The third-order valence-corrected chi connectivity index (χ3v) is 2.70. The van der Waals surface area contributed by atoms with E-state index < -0.39 is 5.97 Å². The van der Waals surface area contributed by atoms with E-state index in [0.29, 0.717) is 11.9 Å². The van der Waals surface area contributed by atoms with Gasteiger partial charge in [0, 0.05) is 10.7 Å². The van der Waals surface area contributed by atoms with Crippen LogP contribution in [0.3, 0.4) is 0 Å². The van der Waals surface area contributed by atoms with E-state index in [1.165, 1.54) is 0 Å². The van der Waals surface area contributed by atoms with Crippen LogP contribution in [-0.2, 0) is 4.74 Å². The molecule has 0 radical (unpaired) electrons. The minimum Gasteiger partial charge on any atom is -0.461 e. The zero-order valence-corrected chi connectivity index (χ0v) is 10.6. The Bertz CT molecular complexity index is 592. The van der Waals surface area contributed by atoms with Gasteiger partial charge < -0.3 is 4.74 Å². The van der Waals surface area contributed by atoms with Crippen molar-refractivity contribution in [1.82, 2.24) is 9.38 Å². The van der Waals surface area contributed by atoms with Crippen LogP contribution in [0.25, 0.3) is 5.65 Å². The second-order valence-corrected chi connectivity index (χ2v) is 4.17. The van der Waals surface area contributed by atoms with Crippen molar-refractivity contribution in [3.05, 3.63) is 34.2 Å². The van der Waals surface area contributed by atoms with Crippen molar-refractivity contribution in [1.29, 1.82) is 0 Å². The minimum atomic E-state index is -0.588. The van der Waals surface area contributed by atoms with Crippen molar-refractivity contribution >= 4 is 33.8 Å². The summed E-state index contributed by atoms with van der Waals surface area (Å²) < 4.78 is 7.21. The maximum Gasteiger partial charge on any atom is 0.359 e. The molecule has 0 spiro atoms. The van der Waals surface area contributed by atoms with Gasteiger partial charge in [-0.1, -0.05) is 15.9 Å². The SMILES string of the molecule is CCOC(=O)c1nc2cc(Br)ccn2c1C=O. The van der Waals surface area contributed by atoms with E-state index in [4.69, 9.17) is 4.74 Å². The normalized spacial score (nSPS) is 10.5. The first kappa shape index (κ1) is 11.8. The largest absolute Gasteiger partial charge is 0.461 e. The van der Waals surface area contributed by atoms with Crippen LogP contribution in [0, 0.1) is 0 Å². The van der Waals surface area contributed by atoms with Crippen molar-refractivity contribution in [2.75, 3.05) is 6.61 Å². The fraction of sp³-hybridized carbons (Fsp3) is 0.182. The van der Waals surface area contributed by atoms with Crippen LogP contribution < -0.4 is 0 Å². The van der Waals surface area contributed by atoms with Gasteiger partial charge in [-0.3, -0.25) is 9.20 Å². The number of nitrogens with zero attached hydrogens (tertiary/aromatic N) is 2. The summed E-state index contributed by atoms with van der Waals surface area (Å²) in [4.78, 5) is 26.7. The van der Waals surface area contributed by atoms with E-state index in [-0.39, 0.29) is 18.0 Å². The average Bonchev–Trinajstić information content (AvgIpc) is 2.66. The van der Waals surface area contributed by atoms with Crippen LogP contribution in [0.15, 0.2) is 22.8 Å². The Morgan fingerprint density at radius 3 is 3.06 bits per heavy atom. The lowest BCUT2D eigenvalue weighted by Crippen LogP contribution is -2.08. The summed E-state index contributed by atoms with van der Waals surface area (Å²) in [5, 5.41) is 0. The summed E-state index contributed by atoms with van der Waals surface area (Å²) in [6, 6.07) is 3.48. The smallest absolute Gasteiger partial charge is 0.359 e. The highest BCUT2D eigenvalue weighted by atomic mass is 79.9. The zero-order valence-electron chi connectivity index (χ0n) is 9.01. The predicted octanol–water partition coefficient (Wildman–Crippen LogP) is 2.09. The van der Waals surface area contributed by atoms with Gasteiger partial charge in [0.15, 0.2) is 12.0 Å². The number of carbonyl (C=O) groups is 2. The van der Waals surface area contributed by atoms with Gasteiger partial charge in [-0.2, -0.15) is 0 Å². The molecule has 0 saturated heterocycles. The quantitative estimate of drug-likeness (QED) is 0.643. The maximum absolute atomic E-state index is 11.6. The number of carbonyl (C=O) groups excluding carboxylic acids is 2. The Hall–Kier alpha value is -1.69. The molecule has 2 aromatic rings. The third kappa shape index (κ3) is 2.08. The van der Waals surface area contributed by atoms with Gasteiger partial charge >= 0.3 is 5.97 Å². The van der Waals surface area contributed by atoms with Gasteiger partial charge in [0.2, 0.25) is 0 Å². The fourth-order valence-corrected chi connectivity index (χ4v) is 1.82. The monoisotopic (exact) mass is 296 g/mol. The highest BCUT2D eigenvalue weighted by Gasteiger charge is 2.19. The molecule has 0 aliphatic carbocycles. The first-order chi connectivity index (χ1) is 8.17. The molecule has 0 fully saturated rings. The van der Waals surface area contributed by atoms with E-state index in [1.54, 1.807) is 29.7 Å². The number of aldehydes is 1. The number of imidazole rings is 1. The van der Waals surface area contributed by atoms with Crippen LogP contribution in [0.2, 0.25) is 0 Å². The Morgan fingerprint density at radius 1 is 1.65 bits per heavy atom. The van der Waals surface area contributed by atoms with Crippen LogP contribution >= 0.6 is 15.9 Å². The second kappa shape index (κ2) is 4.67. The van der Waals surface area contributed by atoms with Gasteiger partial charge in [0.25, 0.3) is 0 Å². The summed E-state index contributed by atoms with van der Waals surface area (Å²) >= 11 is 3.30. The molecule has 0 unspecified atom stereocenters. The van der Waals surface area contributed by atoms with E-state index in [2.05, 4.69) is 20.9 Å². The molecule has 0 aliphatic rings. The number of hydrogen-bond donors (Lipinski definition) is 0. The third-order valence-electron chi connectivity index (χ3n) is 2.21. The lowest BCUT2D eigenvalue weighted by Gasteiger charge is -1.98. The van der Waals surface area contributed by atoms with Crippen LogP contribution in [0.4, 0.5) is 0 Å². The minimum absolute atomic E-state index is 0.0416. The standard InChI is InChI=1S/C11H9BrN2O3/c1-2-17-11(16)10-8(6-15)14-4-3-7(12)5-9(14)13-10/h3-6H,2H2,1H3. The molecule has 0 saturated carbocycles. The predicted molar refractivity (Wildman–Crippen MR) is 64.2 cm³/mol. The molecule has 0 atom stereocenters. The molecule has 88 valence electrons. The summed E-state index contributed by atoms with van der Waals surface area (Å²) in [7, 11) is 0. The average molecular weight is 297 g/mol. The Morgan fingerprint density at radius 2 is 2.41 bits per heavy atom. The van der Waals surface area contributed by atoms with Crippen molar-refractivity contribution in [3.8, 4) is 0 Å². The molecule has 0 N–H and O–H groups in total. The van der Waals surface area contributed by atoms with E-state index in [1.807, 2.05) is 0 Å². The van der Waals surface area contributed by atoms with E-state index in [9.17, 15) is 9.59 Å². The number of hydrogen-bond acceptors (Lipinski definition) is 4. The first-order valence-electron chi connectivity index (χ1n) is 4.97. The number of aromatic nitrogens is 2. The molecular weight excluding hydrogens is 288 g/mol. The molecule has 2 heterocycles. The number of pyridine rings is 1. The number of esters is 1. The van der Waals surface area contributed by atoms with Crippen LogP contribution in [0.5, 0.6) is 0 Å². The number of ether oxygens (including phenoxy) is 1. The summed E-state index contributed by atoms with van der Waals surface area (Å²) in [5.74, 6) is -0.588. The molecular formula is C11H9BrN2O3.